The molecule has 1 aromatic heterocycles. The predicted molar refractivity (Wildman–Crippen MR) is 85.7 cm³/mol. The summed E-state index contributed by atoms with van der Waals surface area (Å²) in [6, 6.07) is 0. The van der Waals surface area contributed by atoms with Gasteiger partial charge in [0.1, 0.15) is 12.7 Å². The van der Waals surface area contributed by atoms with E-state index >= 15 is 0 Å². The van der Waals surface area contributed by atoms with E-state index in [0.29, 0.717) is 0 Å². The van der Waals surface area contributed by atoms with Gasteiger partial charge in [-0.15, -0.1) is 0 Å². The Bertz CT molecular complexity index is 282. The molecular formula is C17H33N3. The molecule has 0 spiro atoms. The molecule has 3 heteroatoms. The zero-order valence-electron chi connectivity index (χ0n) is 13.4. The molecule has 0 radical (unpaired) electrons. The smallest absolute Gasteiger partial charge is 0.137 e. The van der Waals surface area contributed by atoms with Crippen molar-refractivity contribution in [3.05, 3.63) is 12.7 Å². The van der Waals surface area contributed by atoms with Crippen molar-refractivity contribution in [2.75, 3.05) is 0 Å². The zero-order valence-corrected chi connectivity index (χ0v) is 13.4. The molecule has 116 valence electrons. The Balaban J connectivity index is 1.70. The molecule has 0 bridgehead atoms. The molecule has 0 atom stereocenters. The van der Waals surface area contributed by atoms with Crippen LogP contribution in [0.4, 0.5) is 0 Å². The fourth-order valence-corrected chi connectivity index (χ4v) is 2.64. The van der Waals surface area contributed by atoms with Crippen molar-refractivity contribution >= 4 is 0 Å². The molecule has 0 fully saturated rings. The molecule has 0 aliphatic heterocycles. The minimum atomic E-state index is 1.03. The Kier molecular flexibility index (Phi) is 11.3. The summed E-state index contributed by atoms with van der Waals surface area (Å²) in [6.07, 6.45) is 21.7. The number of hydrogen-bond acceptors (Lipinski definition) is 2. The van der Waals surface area contributed by atoms with Crippen LogP contribution < -0.4 is 0 Å². The van der Waals surface area contributed by atoms with Crippen LogP contribution >= 0.6 is 0 Å². The summed E-state index contributed by atoms with van der Waals surface area (Å²) < 4.78 is 1.93. The van der Waals surface area contributed by atoms with Crippen LogP contribution in [0.3, 0.4) is 0 Å². The normalized spacial score (nSPS) is 11.1. The van der Waals surface area contributed by atoms with Gasteiger partial charge in [-0.05, 0) is 6.42 Å². The van der Waals surface area contributed by atoms with E-state index in [2.05, 4.69) is 17.0 Å². The lowest BCUT2D eigenvalue weighted by Crippen LogP contribution is -1.97. The largest absolute Gasteiger partial charge is 0.253 e. The number of rotatable bonds is 14. The van der Waals surface area contributed by atoms with Gasteiger partial charge in [0.15, 0.2) is 0 Å². The van der Waals surface area contributed by atoms with Crippen LogP contribution in [-0.4, -0.2) is 14.8 Å². The zero-order chi connectivity index (χ0) is 14.3. The van der Waals surface area contributed by atoms with Gasteiger partial charge in [-0.1, -0.05) is 84.0 Å². The van der Waals surface area contributed by atoms with Gasteiger partial charge in [0.2, 0.25) is 0 Å². The topological polar surface area (TPSA) is 30.7 Å². The summed E-state index contributed by atoms with van der Waals surface area (Å²) in [5, 5.41) is 4.12. The van der Waals surface area contributed by atoms with Crippen molar-refractivity contribution in [2.24, 2.45) is 0 Å². The van der Waals surface area contributed by atoms with Gasteiger partial charge < -0.3 is 0 Å². The van der Waals surface area contributed by atoms with Crippen LogP contribution in [0.2, 0.25) is 0 Å². The SMILES string of the molecule is CCCCCCCCCCCCCCCn1cncn1. The molecule has 0 saturated heterocycles. The Morgan fingerprint density at radius 3 is 1.65 bits per heavy atom. The molecule has 3 nitrogen and oxygen atoms in total. The fraction of sp³-hybridized carbons (Fsp3) is 0.882. The van der Waals surface area contributed by atoms with Crippen LogP contribution in [0.15, 0.2) is 12.7 Å². The highest BCUT2D eigenvalue weighted by atomic mass is 15.3. The lowest BCUT2D eigenvalue weighted by atomic mass is 10.0. The number of aromatic nitrogens is 3. The van der Waals surface area contributed by atoms with Crippen LogP contribution in [0, 0.1) is 0 Å². The van der Waals surface area contributed by atoms with Gasteiger partial charge in [-0.25, -0.2) is 4.98 Å². The summed E-state index contributed by atoms with van der Waals surface area (Å²) >= 11 is 0. The van der Waals surface area contributed by atoms with Crippen molar-refractivity contribution in [3.63, 3.8) is 0 Å². The highest BCUT2D eigenvalue weighted by Gasteiger charge is 1.94. The van der Waals surface area contributed by atoms with Gasteiger partial charge in [-0.2, -0.15) is 5.10 Å². The molecule has 1 heterocycles. The second kappa shape index (κ2) is 13.1. The van der Waals surface area contributed by atoms with Crippen LogP contribution in [-0.2, 0) is 6.54 Å². The van der Waals surface area contributed by atoms with Gasteiger partial charge in [0, 0.05) is 6.54 Å². The Morgan fingerprint density at radius 1 is 0.700 bits per heavy atom. The molecular weight excluding hydrogens is 246 g/mol. The summed E-state index contributed by atoms with van der Waals surface area (Å²) in [4.78, 5) is 3.95. The molecule has 1 aromatic rings. The van der Waals surface area contributed by atoms with Gasteiger partial charge >= 0.3 is 0 Å². The third-order valence-electron chi connectivity index (χ3n) is 3.96. The van der Waals surface area contributed by atoms with Crippen molar-refractivity contribution in [1.82, 2.24) is 14.8 Å². The van der Waals surface area contributed by atoms with E-state index in [1.807, 2.05) is 4.68 Å². The molecule has 0 unspecified atom stereocenters. The van der Waals surface area contributed by atoms with E-state index in [1.165, 1.54) is 83.5 Å². The quantitative estimate of drug-likeness (QED) is 0.429. The Hall–Kier alpha value is -0.860. The number of unbranched alkanes of at least 4 members (excludes halogenated alkanes) is 12. The second-order valence-corrected chi connectivity index (χ2v) is 5.90. The Labute approximate surface area is 125 Å². The van der Waals surface area contributed by atoms with Gasteiger partial charge in [0.25, 0.3) is 0 Å². The second-order valence-electron chi connectivity index (χ2n) is 5.90. The summed E-state index contributed by atoms with van der Waals surface area (Å²) in [5.41, 5.74) is 0. The van der Waals surface area contributed by atoms with E-state index in [1.54, 1.807) is 12.7 Å². The average molecular weight is 279 g/mol. The number of aryl methyl sites for hydroxylation is 1. The minimum absolute atomic E-state index is 1.03. The summed E-state index contributed by atoms with van der Waals surface area (Å²) in [7, 11) is 0. The standard InChI is InChI=1S/C17H33N3/c1-2-3-4-5-6-7-8-9-10-11-12-13-14-15-20-17-18-16-19-20/h16-17H,2-15H2,1H3. The molecule has 0 aliphatic carbocycles. The van der Waals surface area contributed by atoms with Crippen LogP contribution in [0.5, 0.6) is 0 Å². The maximum Gasteiger partial charge on any atom is 0.137 e. The number of nitrogens with zero attached hydrogens (tertiary/aromatic N) is 3. The van der Waals surface area contributed by atoms with Crippen molar-refractivity contribution in [3.8, 4) is 0 Å². The van der Waals surface area contributed by atoms with Crippen LogP contribution in [0.25, 0.3) is 0 Å². The monoisotopic (exact) mass is 279 g/mol. The maximum atomic E-state index is 4.12. The molecule has 0 amide bonds. The van der Waals surface area contributed by atoms with E-state index < -0.39 is 0 Å². The third-order valence-corrected chi connectivity index (χ3v) is 3.96. The van der Waals surface area contributed by atoms with E-state index in [9.17, 15) is 0 Å². The molecule has 0 aliphatic rings. The first-order valence-electron chi connectivity index (χ1n) is 8.76. The van der Waals surface area contributed by atoms with E-state index in [0.717, 1.165) is 6.54 Å². The molecule has 0 N–H and O–H groups in total. The van der Waals surface area contributed by atoms with Crippen LogP contribution in [0.1, 0.15) is 90.4 Å². The van der Waals surface area contributed by atoms with E-state index in [4.69, 9.17) is 0 Å². The van der Waals surface area contributed by atoms with E-state index in [-0.39, 0.29) is 0 Å². The predicted octanol–water partition coefficient (Wildman–Crippen LogP) is 5.37. The first-order valence-corrected chi connectivity index (χ1v) is 8.76. The fourth-order valence-electron chi connectivity index (χ4n) is 2.64. The highest BCUT2D eigenvalue weighted by Crippen LogP contribution is 2.12. The average Bonchev–Trinajstić information content (AvgIpc) is 2.97. The molecule has 1 rings (SSSR count). The molecule has 0 saturated carbocycles. The minimum Gasteiger partial charge on any atom is -0.253 e. The lowest BCUT2D eigenvalue weighted by molar-refractivity contribution is 0.511. The first-order chi connectivity index (χ1) is 9.93. The van der Waals surface area contributed by atoms with Gasteiger partial charge in [0.05, 0.1) is 0 Å². The number of hydrogen-bond donors (Lipinski definition) is 0. The molecule has 20 heavy (non-hydrogen) atoms. The lowest BCUT2D eigenvalue weighted by Gasteiger charge is -2.03. The van der Waals surface area contributed by atoms with Crippen molar-refractivity contribution in [1.29, 1.82) is 0 Å². The maximum absolute atomic E-state index is 4.12. The van der Waals surface area contributed by atoms with Crippen molar-refractivity contribution in [2.45, 2.75) is 96.9 Å². The molecule has 0 aromatic carbocycles. The first kappa shape index (κ1) is 17.2. The highest BCUT2D eigenvalue weighted by molar-refractivity contribution is 4.56. The summed E-state index contributed by atoms with van der Waals surface area (Å²) in [5.74, 6) is 0. The summed E-state index contributed by atoms with van der Waals surface area (Å²) in [6.45, 7) is 3.31. The third kappa shape index (κ3) is 9.99. The Morgan fingerprint density at radius 2 is 1.20 bits per heavy atom. The van der Waals surface area contributed by atoms with Crippen molar-refractivity contribution < 1.29 is 0 Å². The van der Waals surface area contributed by atoms with Gasteiger partial charge in [-0.3, -0.25) is 4.68 Å².